The van der Waals surface area contributed by atoms with Gasteiger partial charge in [-0.2, -0.15) is 5.48 Å². The first-order valence-corrected chi connectivity index (χ1v) is 6.57. The van der Waals surface area contributed by atoms with Crippen LogP contribution in [0.25, 0.3) is 0 Å². The molecule has 1 aromatic carbocycles. The first-order valence-electron chi connectivity index (χ1n) is 6.57. The number of aliphatic hydroxyl groups is 1. The Kier molecular flexibility index (Phi) is 5.79. The lowest BCUT2D eigenvalue weighted by Gasteiger charge is -2.21. The van der Waals surface area contributed by atoms with Crippen LogP contribution in [0.4, 0.5) is 0 Å². The lowest BCUT2D eigenvalue weighted by molar-refractivity contribution is -0.0857. The summed E-state index contributed by atoms with van der Waals surface area (Å²) in [5, 5.41) is 9.82. The molecule has 4 heteroatoms. The average Bonchev–Trinajstić information content (AvgIpc) is 2.26. The van der Waals surface area contributed by atoms with Crippen molar-refractivity contribution in [3.63, 3.8) is 0 Å². The van der Waals surface area contributed by atoms with Gasteiger partial charge in [-0.05, 0) is 45.7 Å². The monoisotopic (exact) mass is 267 g/mol. The van der Waals surface area contributed by atoms with E-state index in [9.17, 15) is 5.11 Å². The fourth-order valence-electron chi connectivity index (χ4n) is 1.62. The highest BCUT2D eigenvalue weighted by molar-refractivity contribution is 5.39. The minimum Gasteiger partial charge on any atom is -0.490 e. The zero-order chi connectivity index (χ0) is 14.5. The van der Waals surface area contributed by atoms with Gasteiger partial charge in [-0.25, -0.2) is 0 Å². The van der Waals surface area contributed by atoms with Crippen LogP contribution < -0.4 is 10.2 Å². The minimum absolute atomic E-state index is 0.242. The fourth-order valence-corrected chi connectivity index (χ4v) is 1.62. The van der Waals surface area contributed by atoms with Crippen LogP contribution in [-0.4, -0.2) is 30.0 Å². The molecule has 1 rings (SSSR count). The zero-order valence-corrected chi connectivity index (χ0v) is 12.5. The van der Waals surface area contributed by atoms with Crippen molar-refractivity contribution in [1.82, 2.24) is 5.48 Å². The third-order valence-corrected chi connectivity index (χ3v) is 2.53. The van der Waals surface area contributed by atoms with E-state index in [0.29, 0.717) is 6.54 Å². The van der Waals surface area contributed by atoms with Crippen molar-refractivity contribution < 1.29 is 14.7 Å². The summed E-state index contributed by atoms with van der Waals surface area (Å²) in [6, 6.07) is 5.98. The molecule has 1 aromatic rings. The van der Waals surface area contributed by atoms with Gasteiger partial charge in [0, 0.05) is 0 Å². The van der Waals surface area contributed by atoms with Crippen LogP contribution in [0.3, 0.4) is 0 Å². The maximum Gasteiger partial charge on any atom is 0.125 e. The summed E-state index contributed by atoms with van der Waals surface area (Å²) >= 11 is 0. The molecule has 0 aliphatic rings. The average molecular weight is 267 g/mol. The third kappa shape index (κ3) is 6.05. The van der Waals surface area contributed by atoms with E-state index < -0.39 is 6.10 Å². The van der Waals surface area contributed by atoms with E-state index in [1.54, 1.807) is 0 Å². The summed E-state index contributed by atoms with van der Waals surface area (Å²) in [4.78, 5) is 5.33. The molecule has 0 aromatic heterocycles. The van der Waals surface area contributed by atoms with Gasteiger partial charge in [-0.1, -0.05) is 18.2 Å². The Morgan fingerprint density at radius 2 is 1.79 bits per heavy atom. The summed E-state index contributed by atoms with van der Waals surface area (Å²) < 4.78 is 5.67. The van der Waals surface area contributed by atoms with Gasteiger partial charge in [-0.15, -0.1) is 0 Å². The standard InChI is InChI=1S/C15H25NO3/c1-11-7-6-8-12(2)14(11)18-10-13(17)9-16-19-15(3,4)5/h6-8,13,16-17H,9-10H2,1-5H3. The van der Waals surface area contributed by atoms with Crippen LogP contribution in [0, 0.1) is 13.8 Å². The second-order valence-electron chi connectivity index (χ2n) is 5.75. The number of aryl methyl sites for hydroxylation is 2. The van der Waals surface area contributed by atoms with E-state index in [4.69, 9.17) is 9.57 Å². The Balaban J connectivity index is 2.36. The number of ether oxygens (including phenoxy) is 1. The summed E-state index contributed by atoms with van der Waals surface area (Å²) in [6.07, 6.45) is -0.610. The van der Waals surface area contributed by atoms with Crippen LogP contribution in [0.15, 0.2) is 18.2 Å². The summed E-state index contributed by atoms with van der Waals surface area (Å²) in [7, 11) is 0. The lowest BCUT2D eigenvalue weighted by Crippen LogP contribution is -2.36. The van der Waals surface area contributed by atoms with Gasteiger partial charge < -0.3 is 9.84 Å². The summed E-state index contributed by atoms with van der Waals surface area (Å²) in [5.74, 6) is 0.846. The Labute approximate surface area is 115 Å². The van der Waals surface area contributed by atoms with Crippen molar-refractivity contribution in [1.29, 1.82) is 0 Å². The number of hydrogen-bond acceptors (Lipinski definition) is 4. The SMILES string of the molecule is Cc1cccc(C)c1OCC(O)CNOC(C)(C)C. The van der Waals surface area contributed by atoms with E-state index in [-0.39, 0.29) is 12.2 Å². The molecular formula is C15H25NO3. The van der Waals surface area contributed by atoms with E-state index >= 15 is 0 Å². The normalized spacial score (nSPS) is 13.4. The highest BCUT2D eigenvalue weighted by atomic mass is 16.7. The molecule has 1 atom stereocenters. The van der Waals surface area contributed by atoms with E-state index in [0.717, 1.165) is 16.9 Å². The first kappa shape index (κ1) is 16.0. The number of para-hydroxylation sites is 1. The number of rotatable bonds is 6. The Morgan fingerprint density at radius 1 is 1.21 bits per heavy atom. The quantitative estimate of drug-likeness (QED) is 0.777. The van der Waals surface area contributed by atoms with E-state index in [1.165, 1.54) is 0 Å². The van der Waals surface area contributed by atoms with Crippen LogP contribution in [0.5, 0.6) is 5.75 Å². The second kappa shape index (κ2) is 6.89. The Hall–Kier alpha value is -1.10. The number of hydroxylamine groups is 1. The smallest absolute Gasteiger partial charge is 0.125 e. The van der Waals surface area contributed by atoms with Crippen molar-refractivity contribution in [2.75, 3.05) is 13.2 Å². The predicted octanol–water partition coefficient (Wildman–Crippen LogP) is 2.36. The molecule has 0 fully saturated rings. The summed E-state index contributed by atoms with van der Waals surface area (Å²) in [6.45, 7) is 10.4. The molecule has 0 saturated heterocycles. The second-order valence-corrected chi connectivity index (χ2v) is 5.75. The zero-order valence-electron chi connectivity index (χ0n) is 12.5. The largest absolute Gasteiger partial charge is 0.490 e. The van der Waals surface area contributed by atoms with Gasteiger partial charge in [0.25, 0.3) is 0 Å². The molecule has 1 unspecified atom stereocenters. The molecule has 0 radical (unpaired) electrons. The van der Waals surface area contributed by atoms with E-state index in [1.807, 2.05) is 52.8 Å². The van der Waals surface area contributed by atoms with Crippen LogP contribution in [0.1, 0.15) is 31.9 Å². The molecule has 0 saturated carbocycles. The maximum absolute atomic E-state index is 9.82. The Bertz CT molecular complexity index is 379. The molecule has 0 amide bonds. The molecule has 19 heavy (non-hydrogen) atoms. The molecule has 4 nitrogen and oxygen atoms in total. The molecule has 0 aliphatic carbocycles. The van der Waals surface area contributed by atoms with Gasteiger partial charge in [0.2, 0.25) is 0 Å². The number of benzene rings is 1. The highest BCUT2D eigenvalue weighted by Gasteiger charge is 2.12. The Morgan fingerprint density at radius 3 is 2.32 bits per heavy atom. The molecular weight excluding hydrogens is 242 g/mol. The van der Waals surface area contributed by atoms with Gasteiger partial charge in [0.1, 0.15) is 18.5 Å². The minimum atomic E-state index is -0.610. The predicted molar refractivity (Wildman–Crippen MR) is 76.3 cm³/mol. The first-order chi connectivity index (χ1) is 8.79. The number of aliphatic hydroxyl groups excluding tert-OH is 1. The van der Waals surface area contributed by atoms with Crippen molar-refractivity contribution in [3.8, 4) is 5.75 Å². The van der Waals surface area contributed by atoms with Crippen LogP contribution >= 0.6 is 0 Å². The maximum atomic E-state index is 9.82. The molecule has 108 valence electrons. The molecule has 0 heterocycles. The van der Waals surface area contributed by atoms with Gasteiger partial charge in [-0.3, -0.25) is 4.84 Å². The fraction of sp³-hybridized carbons (Fsp3) is 0.600. The number of hydrogen-bond donors (Lipinski definition) is 2. The van der Waals surface area contributed by atoms with Gasteiger partial charge in [0.05, 0.1) is 12.1 Å². The van der Waals surface area contributed by atoms with Crippen molar-refractivity contribution >= 4 is 0 Å². The van der Waals surface area contributed by atoms with Crippen molar-refractivity contribution in [2.24, 2.45) is 0 Å². The van der Waals surface area contributed by atoms with E-state index in [2.05, 4.69) is 5.48 Å². The van der Waals surface area contributed by atoms with Crippen molar-refractivity contribution in [2.45, 2.75) is 46.3 Å². The molecule has 0 aliphatic heterocycles. The molecule has 0 bridgehead atoms. The highest BCUT2D eigenvalue weighted by Crippen LogP contribution is 2.22. The van der Waals surface area contributed by atoms with Gasteiger partial charge in [0.15, 0.2) is 0 Å². The molecule has 0 spiro atoms. The van der Waals surface area contributed by atoms with Gasteiger partial charge >= 0.3 is 0 Å². The number of nitrogens with one attached hydrogen (secondary N) is 1. The van der Waals surface area contributed by atoms with Crippen LogP contribution in [0.2, 0.25) is 0 Å². The van der Waals surface area contributed by atoms with Crippen molar-refractivity contribution in [3.05, 3.63) is 29.3 Å². The third-order valence-electron chi connectivity index (χ3n) is 2.53. The topological polar surface area (TPSA) is 50.7 Å². The summed E-state index contributed by atoms with van der Waals surface area (Å²) in [5.41, 5.74) is 4.64. The molecule has 2 N–H and O–H groups in total. The lowest BCUT2D eigenvalue weighted by atomic mass is 10.1. The van der Waals surface area contributed by atoms with Crippen LogP contribution in [-0.2, 0) is 4.84 Å².